The van der Waals surface area contributed by atoms with Gasteiger partial charge in [-0.2, -0.15) is 31.2 Å². The maximum Gasteiger partial charge on any atom is 0.430 e. The van der Waals surface area contributed by atoms with Crippen LogP contribution in [-0.2, 0) is 32.6 Å². The van der Waals surface area contributed by atoms with Crippen molar-refractivity contribution < 1.29 is 59.3 Å². The molecule has 3 heterocycles. The Balaban J connectivity index is 2.06. The Morgan fingerprint density at radius 2 is 1.57 bits per heavy atom. The maximum atomic E-state index is 15.1. The largest absolute Gasteiger partial charge is 0.474 e. The van der Waals surface area contributed by atoms with Crippen molar-refractivity contribution in [1.82, 2.24) is 15.2 Å². The quantitative estimate of drug-likeness (QED) is 0.190. The van der Waals surface area contributed by atoms with Gasteiger partial charge in [-0.05, 0) is 79.0 Å². The minimum Gasteiger partial charge on any atom is -0.474 e. The molecular weight excluding hydrogens is 690 g/mol. The molecule has 0 spiro atoms. The number of benzene rings is 1. The smallest absolute Gasteiger partial charge is 0.430 e. The molecule has 0 unspecified atom stereocenters. The third-order valence-electron chi connectivity index (χ3n) is 6.78. The van der Waals surface area contributed by atoms with Crippen LogP contribution in [0.4, 0.5) is 41.6 Å². The summed E-state index contributed by atoms with van der Waals surface area (Å²) in [4.78, 5) is 31.2. The molecule has 0 N–H and O–H groups in total. The van der Waals surface area contributed by atoms with Crippen LogP contribution in [0.15, 0.2) is 58.7 Å². The SMILES string of the molecule is C[C@@H]1CCC=C=C[C@](OCc2ccccc2)(C(F)(F)F)c2nnc(o2)-c2nc(c(C(F)(F)F)cc2N(C(=O)OC(C)(C)C)C(=O)OC(C)(C)C)O1. The molecular formula is C34H36F6N4O7. The van der Waals surface area contributed by atoms with E-state index in [0.29, 0.717) is 17.7 Å². The minimum atomic E-state index is -5.26. The second kappa shape index (κ2) is 14.4. The Bertz CT molecular complexity index is 1760. The predicted molar refractivity (Wildman–Crippen MR) is 168 cm³/mol. The lowest BCUT2D eigenvalue weighted by Crippen LogP contribution is -2.44. The highest BCUT2D eigenvalue weighted by Gasteiger charge is 2.60. The van der Waals surface area contributed by atoms with E-state index in [1.807, 2.05) is 0 Å². The zero-order valence-electron chi connectivity index (χ0n) is 28.7. The number of hydrogen-bond donors (Lipinski definition) is 0. The van der Waals surface area contributed by atoms with Gasteiger partial charge in [0.05, 0.1) is 18.4 Å². The number of carbonyl (C=O) groups is 2. The molecule has 2 atom stereocenters. The first kappa shape index (κ1) is 38.9. The molecule has 51 heavy (non-hydrogen) atoms. The van der Waals surface area contributed by atoms with Gasteiger partial charge in [0.15, 0.2) is 5.69 Å². The molecule has 4 rings (SSSR count). The highest BCUT2D eigenvalue weighted by molar-refractivity contribution is 6.11. The second-order valence-corrected chi connectivity index (χ2v) is 13.4. The van der Waals surface area contributed by atoms with Gasteiger partial charge in [0.2, 0.25) is 5.88 Å². The van der Waals surface area contributed by atoms with Crippen molar-refractivity contribution in [2.75, 3.05) is 4.90 Å². The molecule has 0 fully saturated rings. The average molecular weight is 727 g/mol. The van der Waals surface area contributed by atoms with E-state index in [4.69, 9.17) is 23.4 Å². The van der Waals surface area contributed by atoms with E-state index >= 15 is 13.2 Å². The molecule has 2 aromatic heterocycles. The first-order valence-corrected chi connectivity index (χ1v) is 15.6. The van der Waals surface area contributed by atoms with Crippen LogP contribution < -0.4 is 9.64 Å². The van der Waals surface area contributed by atoms with Crippen LogP contribution in [0.2, 0.25) is 0 Å². The predicted octanol–water partition coefficient (Wildman–Crippen LogP) is 9.07. The van der Waals surface area contributed by atoms with Crippen LogP contribution in [0.3, 0.4) is 0 Å². The van der Waals surface area contributed by atoms with Gasteiger partial charge in [-0.15, -0.1) is 15.9 Å². The lowest BCUT2D eigenvalue weighted by Gasteiger charge is -2.30. The fraction of sp³-hybridized carbons (Fsp3) is 0.471. The minimum absolute atomic E-state index is 0.0106. The molecule has 11 nitrogen and oxygen atoms in total. The van der Waals surface area contributed by atoms with Crippen molar-refractivity contribution in [3.63, 3.8) is 0 Å². The first-order valence-electron chi connectivity index (χ1n) is 15.6. The number of carbonyl (C=O) groups excluding carboxylic acids is 2. The zero-order valence-corrected chi connectivity index (χ0v) is 28.7. The summed E-state index contributed by atoms with van der Waals surface area (Å²) in [6.07, 6.45) is -12.6. The molecule has 1 aliphatic rings. The van der Waals surface area contributed by atoms with Crippen molar-refractivity contribution in [3.8, 4) is 17.5 Å². The van der Waals surface area contributed by atoms with Gasteiger partial charge >= 0.3 is 24.5 Å². The fourth-order valence-electron chi connectivity index (χ4n) is 4.51. The monoisotopic (exact) mass is 726 g/mol. The Morgan fingerprint density at radius 3 is 2.12 bits per heavy atom. The van der Waals surface area contributed by atoms with Crippen LogP contribution in [0.5, 0.6) is 5.88 Å². The number of hydrogen-bond acceptors (Lipinski definition) is 10. The topological polar surface area (TPSA) is 126 Å². The van der Waals surface area contributed by atoms with Crippen molar-refractivity contribution in [1.29, 1.82) is 0 Å². The van der Waals surface area contributed by atoms with Crippen molar-refractivity contribution >= 4 is 17.9 Å². The molecule has 4 bridgehead atoms. The Morgan fingerprint density at radius 1 is 0.961 bits per heavy atom. The van der Waals surface area contributed by atoms with E-state index in [0.717, 1.165) is 0 Å². The van der Waals surface area contributed by atoms with Crippen LogP contribution in [0.25, 0.3) is 11.6 Å². The van der Waals surface area contributed by atoms with E-state index in [1.165, 1.54) is 66.7 Å². The number of halogens is 6. The van der Waals surface area contributed by atoms with Gasteiger partial charge in [-0.1, -0.05) is 30.3 Å². The van der Waals surface area contributed by atoms with E-state index in [-0.39, 0.29) is 17.7 Å². The number of nitrogens with zero attached hydrogens (tertiary/aromatic N) is 4. The lowest BCUT2D eigenvalue weighted by atomic mass is 10.0. The molecule has 0 saturated carbocycles. The molecule has 1 aromatic carbocycles. The van der Waals surface area contributed by atoms with Crippen molar-refractivity contribution in [2.45, 2.75) is 103 Å². The first-order chi connectivity index (χ1) is 23.5. The number of aromatic nitrogens is 3. The van der Waals surface area contributed by atoms with E-state index in [2.05, 4.69) is 20.9 Å². The number of imide groups is 1. The average Bonchev–Trinajstić information content (AvgIpc) is 3.46. The van der Waals surface area contributed by atoms with Crippen LogP contribution >= 0.6 is 0 Å². The third-order valence-corrected chi connectivity index (χ3v) is 6.78. The number of amides is 2. The molecule has 1 aliphatic heterocycles. The van der Waals surface area contributed by atoms with Crippen LogP contribution in [0.1, 0.15) is 78.3 Å². The summed E-state index contributed by atoms with van der Waals surface area (Å²) in [5.41, 5.74) is -6.56. The Labute approximate surface area is 289 Å². The van der Waals surface area contributed by atoms with Crippen molar-refractivity contribution in [3.05, 3.63) is 71.3 Å². The summed E-state index contributed by atoms with van der Waals surface area (Å²) >= 11 is 0. The molecule has 276 valence electrons. The van der Waals surface area contributed by atoms with Gasteiger partial charge in [0.1, 0.15) is 16.8 Å². The summed E-state index contributed by atoms with van der Waals surface area (Å²) in [7, 11) is 0. The van der Waals surface area contributed by atoms with Gasteiger partial charge in [-0.3, -0.25) is 0 Å². The van der Waals surface area contributed by atoms with Gasteiger partial charge in [-0.25, -0.2) is 14.6 Å². The zero-order chi connectivity index (χ0) is 38.0. The molecule has 17 heteroatoms. The molecule has 0 radical (unpaired) electrons. The number of fused-ring (bicyclic) bond motifs is 5. The van der Waals surface area contributed by atoms with Gasteiger partial charge < -0.3 is 23.4 Å². The fourth-order valence-corrected chi connectivity index (χ4v) is 4.51. The molecule has 2 amide bonds. The normalized spacial score (nSPS) is 18.4. The highest BCUT2D eigenvalue weighted by Crippen LogP contribution is 2.46. The van der Waals surface area contributed by atoms with Crippen LogP contribution in [0, 0.1) is 0 Å². The van der Waals surface area contributed by atoms with Crippen LogP contribution in [-0.4, -0.2) is 50.9 Å². The van der Waals surface area contributed by atoms with Gasteiger partial charge in [0, 0.05) is 6.08 Å². The molecule has 0 aliphatic carbocycles. The summed E-state index contributed by atoms with van der Waals surface area (Å²) < 4.78 is 116. The summed E-state index contributed by atoms with van der Waals surface area (Å²) in [5, 5.41) is 7.27. The highest BCUT2D eigenvalue weighted by atomic mass is 19.4. The molecule has 0 saturated heterocycles. The standard InChI is InChI=1S/C34H36F6N4O7/c1-20-14-10-9-13-17-32(34(38,39)40,47-19-21-15-11-8-12-16-21)27-43-42-26(49-27)24-23(18-22(33(35,36)37)25(41-24)48-20)44(28(45)50-30(2,3)4)29(46)51-31(5,6)7/h8-9,11-12,15-18,20H,10,14,19H2,1-7H3/t13?,20-,32-/m1/s1. The number of ether oxygens (including phenoxy) is 4. The summed E-state index contributed by atoms with van der Waals surface area (Å²) in [6, 6.07) is 8.23. The number of pyridine rings is 1. The number of alkyl halides is 6. The number of anilines is 1. The molecule has 3 aromatic rings. The van der Waals surface area contributed by atoms with E-state index < -0.39 is 88.7 Å². The third kappa shape index (κ3) is 9.47. The Hall–Kier alpha value is -4.89. The summed E-state index contributed by atoms with van der Waals surface area (Å²) in [6.45, 7) is 9.40. The van der Waals surface area contributed by atoms with E-state index in [1.54, 1.807) is 18.2 Å². The Kier molecular flexibility index (Phi) is 11.0. The second-order valence-electron chi connectivity index (χ2n) is 13.4. The number of rotatable bonds is 4. The summed E-state index contributed by atoms with van der Waals surface area (Å²) in [5.74, 6) is -3.18. The van der Waals surface area contributed by atoms with Gasteiger partial charge in [0.25, 0.3) is 17.4 Å². The van der Waals surface area contributed by atoms with E-state index in [9.17, 15) is 22.8 Å². The van der Waals surface area contributed by atoms with Crippen molar-refractivity contribution in [2.24, 2.45) is 0 Å². The maximum absolute atomic E-state index is 15.1. The lowest BCUT2D eigenvalue weighted by molar-refractivity contribution is -0.274.